The molecular formula is C26H21BrN2O2S3. The second-order valence-electron chi connectivity index (χ2n) is 9.86. The van der Waals surface area contributed by atoms with Gasteiger partial charge in [0.05, 0.1) is 22.5 Å². The predicted molar refractivity (Wildman–Crippen MR) is 141 cm³/mol. The molecule has 2 aromatic carbocycles. The molecule has 4 aliphatic rings. The summed E-state index contributed by atoms with van der Waals surface area (Å²) in [4.78, 5) is 33.6. The number of carbonyl (C=O) groups excluding carboxylic acids is 2. The highest BCUT2D eigenvalue weighted by atomic mass is 79.9. The van der Waals surface area contributed by atoms with Gasteiger partial charge in [-0.1, -0.05) is 45.8 Å². The first-order chi connectivity index (χ1) is 16.4. The van der Waals surface area contributed by atoms with Crippen molar-refractivity contribution in [1.29, 1.82) is 0 Å². The van der Waals surface area contributed by atoms with Crippen LogP contribution in [0.1, 0.15) is 28.3 Å². The molecule has 8 heteroatoms. The van der Waals surface area contributed by atoms with E-state index < -0.39 is 0 Å². The predicted octanol–water partition coefficient (Wildman–Crippen LogP) is 6.55. The molecule has 34 heavy (non-hydrogen) atoms. The van der Waals surface area contributed by atoms with Crippen molar-refractivity contribution in [2.75, 3.05) is 4.90 Å². The number of hydrogen-bond acceptors (Lipinski definition) is 5. The van der Waals surface area contributed by atoms with Gasteiger partial charge in [-0.25, -0.2) is 0 Å². The average molecular weight is 570 g/mol. The maximum Gasteiger partial charge on any atom is 0.238 e. The van der Waals surface area contributed by atoms with Crippen molar-refractivity contribution in [3.05, 3.63) is 73.0 Å². The molecule has 1 N–H and O–H groups in total. The molecule has 0 spiro atoms. The van der Waals surface area contributed by atoms with Crippen LogP contribution in [0.15, 0.2) is 58.0 Å². The molecular weight excluding hydrogens is 548 g/mol. The van der Waals surface area contributed by atoms with Gasteiger partial charge in [0.2, 0.25) is 11.8 Å². The van der Waals surface area contributed by atoms with Gasteiger partial charge >= 0.3 is 0 Å². The Hall–Kier alpha value is -1.74. The Bertz CT molecular complexity index is 1400. The number of hydrogen-bond donors (Lipinski definition) is 1. The molecule has 7 atom stereocenters. The number of thioether (sulfide) groups is 1. The summed E-state index contributed by atoms with van der Waals surface area (Å²) in [5.41, 5.74) is 3.09. The second kappa shape index (κ2) is 7.63. The van der Waals surface area contributed by atoms with Crippen molar-refractivity contribution in [2.24, 2.45) is 29.6 Å². The molecule has 3 heterocycles. The van der Waals surface area contributed by atoms with Gasteiger partial charge in [0, 0.05) is 20.5 Å². The van der Waals surface area contributed by atoms with Crippen LogP contribution < -0.4 is 4.90 Å². The number of nitrogens with zero attached hydrogens (tertiary/aromatic N) is 1. The number of thiazole rings is 1. The van der Waals surface area contributed by atoms with E-state index in [1.54, 1.807) is 11.3 Å². The monoisotopic (exact) mass is 568 g/mol. The molecule has 7 unspecified atom stereocenters. The number of fused-ring (bicyclic) bond motifs is 9. The lowest BCUT2D eigenvalue weighted by Gasteiger charge is -2.43. The molecule has 1 aromatic heterocycles. The summed E-state index contributed by atoms with van der Waals surface area (Å²) in [5, 5.41) is 1.46. The lowest BCUT2D eigenvalue weighted by atomic mass is 9.68. The number of anilines is 1. The number of H-pyrrole nitrogens is 1. The average Bonchev–Trinajstić information content (AvgIpc) is 3.54. The van der Waals surface area contributed by atoms with Crippen molar-refractivity contribution in [3.8, 4) is 0 Å². The minimum atomic E-state index is -0.216. The van der Waals surface area contributed by atoms with E-state index in [4.69, 9.17) is 12.2 Å². The van der Waals surface area contributed by atoms with E-state index in [0.29, 0.717) is 16.9 Å². The van der Waals surface area contributed by atoms with Crippen LogP contribution in [0.5, 0.6) is 0 Å². The Morgan fingerprint density at radius 2 is 1.68 bits per heavy atom. The van der Waals surface area contributed by atoms with E-state index in [0.717, 1.165) is 25.4 Å². The zero-order valence-corrected chi connectivity index (χ0v) is 22.3. The van der Waals surface area contributed by atoms with Crippen LogP contribution in [0, 0.1) is 40.5 Å². The van der Waals surface area contributed by atoms with Crippen LogP contribution in [0.3, 0.4) is 0 Å². The zero-order chi connectivity index (χ0) is 23.3. The summed E-state index contributed by atoms with van der Waals surface area (Å²) in [5.74, 6) is 0.502. The van der Waals surface area contributed by atoms with Gasteiger partial charge in [0.15, 0.2) is 3.95 Å². The van der Waals surface area contributed by atoms with Crippen LogP contribution in [-0.4, -0.2) is 22.0 Å². The number of amides is 2. The first-order valence-corrected chi connectivity index (χ1v) is 14.4. The molecule has 2 amide bonds. The quantitative estimate of drug-likeness (QED) is 0.281. The largest absolute Gasteiger partial charge is 0.332 e. The molecule has 2 bridgehead atoms. The number of imide groups is 1. The Morgan fingerprint density at radius 1 is 1.00 bits per heavy atom. The summed E-state index contributed by atoms with van der Waals surface area (Å²) in [6.07, 6.45) is 0.958. The summed E-state index contributed by atoms with van der Waals surface area (Å²) in [6.45, 7) is 2.01. The number of aromatic nitrogens is 1. The fraction of sp³-hybridized carbons (Fsp3) is 0.346. The summed E-state index contributed by atoms with van der Waals surface area (Å²) in [7, 11) is 0. The van der Waals surface area contributed by atoms with Crippen molar-refractivity contribution in [1.82, 2.24) is 4.98 Å². The van der Waals surface area contributed by atoms with Crippen LogP contribution in [0.2, 0.25) is 0 Å². The van der Waals surface area contributed by atoms with Gasteiger partial charge in [0.1, 0.15) is 0 Å². The van der Waals surface area contributed by atoms with Crippen LogP contribution in [0.25, 0.3) is 0 Å². The van der Waals surface area contributed by atoms with E-state index in [9.17, 15) is 9.59 Å². The van der Waals surface area contributed by atoms with Gasteiger partial charge in [-0.15, -0.1) is 23.1 Å². The Kier molecular flexibility index (Phi) is 4.83. The van der Waals surface area contributed by atoms with Crippen molar-refractivity contribution < 1.29 is 9.59 Å². The lowest BCUT2D eigenvalue weighted by Crippen LogP contribution is -2.42. The van der Waals surface area contributed by atoms with Crippen molar-refractivity contribution >= 4 is 68.7 Å². The van der Waals surface area contributed by atoms with Crippen LogP contribution in [0.4, 0.5) is 5.69 Å². The number of aryl methyl sites for hydroxylation is 1. The summed E-state index contributed by atoms with van der Waals surface area (Å²) >= 11 is 12.6. The first kappa shape index (κ1) is 21.5. The SMILES string of the molecule is Cc1ccc(N2C(=O)C3C4CC(C3C2=O)C2C(c3ccc(Br)cc3)c3sc(=S)[nH]c3SC42)cc1. The molecule has 3 fully saturated rings. The molecule has 172 valence electrons. The highest BCUT2D eigenvalue weighted by molar-refractivity contribution is 9.10. The molecule has 1 saturated heterocycles. The van der Waals surface area contributed by atoms with E-state index in [2.05, 4.69) is 45.2 Å². The standard InChI is InChI=1S/C26H21BrN2O2S3/c1-11-2-8-14(9-3-11)29-24(30)19-15-10-16(20(19)25(29)31)21-18(15)17(12-4-6-13(27)7-5-12)22-23(33-21)28-26(32)34-22/h2-9,15-21H,10H2,1H3,(H,28,32). The lowest BCUT2D eigenvalue weighted by molar-refractivity contribution is -0.123. The molecule has 2 aliphatic heterocycles. The van der Waals surface area contributed by atoms with Gasteiger partial charge < -0.3 is 4.98 Å². The molecule has 7 rings (SSSR count). The van der Waals surface area contributed by atoms with Crippen molar-refractivity contribution in [3.63, 3.8) is 0 Å². The second-order valence-corrected chi connectivity index (χ2v) is 13.7. The maximum absolute atomic E-state index is 13.8. The Labute approximate surface area is 219 Å². The van der Waals surface area contributed by atoms with E-state index in [-0.39, 0.29) is 41.4 Å². The highest BCUT2D eigenvalue weighted by Crippen LogP contribution is 2.69. The van der Waals surface area contributed by atoms with Crippen LogP contribution in [-0.2, 0) is 9.59 Å². The van der Waals surface area contributed by atoms with E-state index in [1.165, 1.54) is 15.3 Å². The maximum atomic E-state index is 13.8. The number of benzene rings is 2. The summed E-state index contributed by atoms with van der Waals surface area (Å²) in [6, 6.07) is 16.3. The third kappa shape index (κ3) is 2.92. The molecule has 4 nitrogen and oxygen atoms in total. The number of carbonyl (C=O) groups is 2. The molecule has 3 aromatic rings. The molecule has 2 saturated carbocycles. The van der Waals surface area contributed by atoms with E-state index in [1.807, 2.05) is 43.0 Å². The molecule has 0 radical (unpaired) electrons. The van der Waals surface area contributed by atoms with Crippen molar-refractivity contribution in [2.45, 2.75) is 29.5 Å². The topological polar surface area (TPSA) is 53.2 Å². The van der Waals surface area contributed by atoms with Gasteiger partial charge in [-0.3, -0.25) is 14.5 Å². The Morgan fingerprint density at radius 3 is 2.38 bits per heavy atom. The number of aromatic amines is 1. The molecule has 2 aliphatic carbocycles. The van der Waals surface area contributed by atoms with Gasteiger partial charge in [-0.05, 0) is 73.1 Å². The normalized spacial score (nSPS) is 33.2. The zero-order valence-electron chi connectivity index (χ0n) is 18.2. The van der Waals surface area contributed by atoms with E-state index >= 15 is 0 Å². The minimum absolute atomic E-state index is 0.00291. The first-order valence-electron chi connectivity index (χ1n) is 11.5. The van der Waals surface area contributed by atoms with Crippen LogP contribution >= 0.6 is 51.2 Å². The third-order valence-electron chi connectivity index (χ3n) is 8.25. The summed E-state index contributed by atoms with van der Waals surface area (Å²) < 4.78 is 1.85. The fourth-order valence-electron chi connectivity index (χ4n) is 7.01. The Balaban J connectivity index is 1.32. The number of nitrogens with one attached hydrogen (secondary N) is 1. The smallest absolute Gasteiger partial charge is 0.238 e. The van der Waals surface area contributed by atoms with Gasteiger partial charge in [0.25, 0.3) is 0 Å². The number of halogens is 1. The number of rotatable bonds is 2. The van der Waals surface area contributed by atoms with Gasteiger partial charge in [-0.2, -0.15) is 0 Å². The highest BCUT2D eigenvalue weighted by Gasteiger charge is 2.69. The fourth-order valence-corrected chi connectivity index (χ4v) is 10.6. The minimum Gasteiger partial charge on any atom is -0.332 e. The third-order valence-corrected chi connectivity index (χ3v) is 11.7.